The average molecular weight is 456 g/mol. The Labute approximate surface area is 146 Å². The first-order valence-electron chi connectivity index (χ1n) is 6.12. The molecule has 1 aromatic rings. The summed E-state index contributed by atoms with van der Waals surface area (Å²) in [6, 6.07) is 0.673. The standard InChI is InChI=1S/C11H12Br2N4O4S/c12-4-1-6(10(13)15-2-4)22-11-9(20)7(16-17-14)8(19)5(3-18)21-11/h1-2,5,7-9,11,18-20H,3H2/t5?,7-,8-,9?,11+/m0/s1. The van der Waals surface area contributed by atoms with Crippen molar-refractivity contribution in [2.24, 2.45) is 5.11 Å². The number of aromatic nitrogens is 1. The number of azide groups is 1. The lowest BCUT2D eigenvalue weighted by Crippen LogP contribution is -2.56. The molecule has 22 heavy (non-hydrogen) atoms. The smallest absolute Gasteiger partial charge is 0.134 e. The molecule has 0 aromatic carbocycles. The van der Waals surface area contributed by atoms with E-state index in [-0.39, 0.29) is 0 Å². The number of pyridine rings is 1. The van der Waals surface area contributed by atoms with Crippen LogP contribution in [0.15, 0.2) is 31.3 Å². The normalized spacial score (nSPS) is 31.6. The number of halogens is 2. The molecule has 1 aliphatic rings. The van der Waals surface area contributed by atoms with Gasteiger partial charge in [-0.1, -0.05) is 16.9 Å². The van der Waals surface area contributed by atoms with E-state index in [1.807, 2.05) is 0 Å². The number of hydrogen-bond acceptors (Lipinski definition) is 7. The van der Waals surface area contributed by atoms with Crippen molar-refractivity contribution in [1.29, 1.82) is 0 Å². The maximum absolute atomic E-state index is 10.3. The SMILES string of the molecule is [N-]=[N+]=N[C@@H]1C(O)[C@@H](Sc2cc(Br)cnc2Br)OC(CO)[C@@H]1O. The van der Waals surface area contributed by atoms with Crippen LogP contribution in [0.2, 0.25) is 0 Å². The molecule has 0 bridgehead atoms. The number of aliphatic hydroxyl groups excluding tert-OH is 3. The van der Waals surface area contributed by atoms with Crippen LogP contribution in [0.25, 0.3) is 10.4 Å². The Hall–Kier alpha value is -0.390. The summed E-state index contributed by atoms with van der Waals surface area (Å²) in [4.78, 5) is 7.43. The Bertz CT molecular complexity index is 589. The lowest BCUT2D eigenvalue weighted by molar-refractivity contribution is -0.159. The van der Waals surface area contributed by atoms with Gasteiger partial charge in [0.05, 0.1) is 18.8 Å². The summed E-state index contributed by atoms with van der Waals surface area (Å²) in [6.07, 6.45) is -1.85. The molecule has 0 saturated carbocycles. The summed E-state index contributed by atoms with van der Waals surface area (Å²) < 4.78 is 6.80. The van der Waals surface area contributed by atoms with Crippen molar-refractivity contribution >= 4 is 43.6 Å². The van der Waals surface area contributed by atoms with Gasteiger partial charge in [-0.3, -0.25) is 0 Å². The number of nitrogens with zero attached hydrogens (tertiary/aromatic N) is 4. The number of hydrogen-bond donors (Lipinski definition) is 3. The van der Waals surface area contributed by atoms with Gasteiger partial charge in [0.2, 0.25) is 0 Å². The highest BCUT2D eigenvalue weighted by Gasteiger charge is 2.44. The van der Waals surface area contributed by atoms with Gasteiger partial charge in [-0.2, -0.15) is 0 Å². The van der Waals surface area contributed by atoms with E-state index in [1.165, 1.54) is 0 Å². The third kappa shape index (κ3) is 3.92. The summed E-state index contributed by atoms with van der Waals surface area (Å²) in [5.41, 5.74) is 7.74. The third-order valence-electron chi connectivity index (χ3n) is 3.05. The Morgan fingerprint density at radius 3 is 2.77 bits per heavy atom. The Balaban J connectivity index is 2.25. The molecule has 0 aliphatic carbocycles. The first-order chi connectivity index (χ1) is 10.5. The fraction of sp³-hybridized carbons (Fsp3) is 0.545. The van der Waals surface area contributed by atoms with Crippen molar-refractivity contribution in [3.8, 4) is 0 Å². The molecule has 2 unspecified atom stereocenters. The predicted molar refractivity (Wildman–Crippen MR) is 86.2 cm³/mol. The molecule has 1 aromatic heterocycles. The molecule has 1 aliphatic heterocycles. The van der Waals surface area contributed by atoms with Gasteiger partial charge in [0.15, 0.2) is 0 Å². The highest BCUT2D eigenvalue weighted by atomic mass is 79.9. The highest BCUT2D eigenvalue weighted by molar-refractivity contribution is 9.11. The Morgan fingerprint density at radius 2 is 2.14 bits per heavy atom. The van der Waals surface area contributed by atoms with E-state index >= 15 is 0 Å². The van der Waals surface area contributed by atoms with E-state index in [0.29, 0.717) is 9.50 Å². The van der Waals surface area contributed by atoms with Crippen molar-refractivity contribution in [1.82, 2.24) is 4.98 Å². The van der Waals surface area contributed by atoms with Crippen LogP contribution in [0.5, 0.6) is 0 Å². The molecular weight excluding hydrogens is 444 g/mol. The minimum absolute atomic E-state index is 0.458. The monoisotopic (exact) mass is 454 g/mol. The van der Waals surface area contributed by atoms with E-state index in [0.717, 1.165) is 16.2 Å². The molecule has 1 fully saturated rings. The molecule has 5 atom stereocenters. The lowest BCUT2D eigenvalue weighted by Gasteiger charge is -2.40. The highest BCUT2D eigenvalue weighted by Crippen LogP contribution is 2.37. The zero-order chi connectivity index (χ0) is 16.3. The second-order valence-electron chi connectivity index (χ2n) is 4.46. The molecule has 120 valence electrons. The molecule has 1 saturated heterocycles. The van der Waals surface area contributed by atoms with Gasteiger partial charge in [0, 0.05) is 20.5 Å². The molecule has 0 spiro atoms. The number of thioether (sulfide) groups is 1. The molecule has 0 amide bonds. The molecular formula is C11H12Br2N4O4S. The number of rotatable bonds is 4. The zero-order valence-corrected chi connectivity index (χ0v) is 14.9. The van der Waals surface area contributed by atoms with Crippen molar-refractivity contribution in [2.75, 3.05) is 6.61 Å². The van der Waals surface area contributed by atoms with E-state index in [2.05, 4.69) is 46.9 Å². The predicted octanol–water partition coefficient (Wildman–Crippen LogP) is 1.82. The van der Waals surface area contributed by atoms with Crippen LogP contribution < -0.4 is 0 Å². The molecule has 0 radical (unpaired) electrons. The minimum atomic E-state index is -1.28. The third-order valence-corrected chi connectivity index (χ3v) is 5.57. The maximum Gasteiger partial charge on any atom is 0.134 e. The van der Waals surface area contributed by atoms with E-state index < -0.39 is 36.4 Å². The van der Waals surface area contributed by atoms with Crippen LogP contribution in [-0.2, 0) is 4.74 Å². The zero-order valence-electron chi connectivity index (χ0n) is 11.0. The van der Waals surface area contributed by atoms with Crippen molar-refractivity contribution in [3.63, 3.8) is 0 Å². The quantitative estimate of drug-likeness (QED) is 0.274. The fourth-order valence-corrected chi connectivity index (χ4v) is 4.05. The van der Waals surface area contributed by atoms with E-state index in [4.69, 9.17) is 10.3 Å². The minimum Gasteiger partial charge on any atom is -0.394 e. The van der Waals surface area contributed by atoms with Crippen LogP contribution >= 0.6 is 43.6 Å². The van der Waals surface area contributed by atoms with Crippen LogP contribution in [0, 0.1) is 0 Å². The Kier molecular flexibility index (Phi) is 6.47. The van der Waals surface area contributed by atoms with Gasteiger partial charge < -0.3 is 20.1 Å². The summed E-state index contributed by atoms with van der Waals surface area (Å²) in [5.74, 6) is 0. The van der Waals surface area contributed by atoms with Crippen LogP contribution in [-0.4, -0.2) is 56.7 Å². The van der Waals surface area contributed by atoms with Gasteiger partial charge >= 0.3 is 0 Å². The second kappa shape index (κ2) is 7.93. The Morgan fingerprint density at radius 1 is 1.41 bits per heavy atom. The first-order valence-corrected chi connectivity index (χ1v) is 8.59. The van der Waals surface area contributed by atoms with Crippen molar-refractivity contribution in [3.05, 3.63) is 31.8 Å². The van der Waals surface area contributed by atoms with Crippen molar-refractivity contribution in [2.45, 2.75) is 34.7 Å². The average Bonchev–Trinajstić information content (AvgIpc) is 2.50. The van der Waals surface area contributed by atoms with Gasteiger partial charge in [0.25, 0.3) is 0 Å². The van der Waals surface area contributed by atoms with Gasteiger partial charge in [0.1, 0.15) is 22.2 Å². The van der Waals surface area contributed by atoms with Crippen LogP contribution in [0.1, 0.15) is 0 Å². The number of aliphatic hydroxyl groups is 3. The molecule has 2 rings (SSSR count). The fourth-order valence-electron chi connectivity index (χ4n) is 1.97. The summed E-state index contributed by atoms with van der Waals surface area (Å²) in [5, 5.41) is 32.9. The van der Waals surface area contributed by atoms with Gasteiger partial charge in [-0.25, -0.2) is 4.98 Å². The van der Waals surface area contributed by atoms with E-state index in [1.54, 1.807) is 12.3 Å². The summed E-state index contributed by atoms with van der Waals surface area (Å²) in [6.45, 7) is -0.458. The molecule has 8 nitrogen and oxygen atoms in total. The van der Waals surface area contributed by atoms with Gasteiger partial charge in [-0.15, -0.1) is 0 Å². The molecule has 2 heterocycles. The summed E-state index contributed by atoms with van der Waals surface area (Å²) in [7, 11) is 0. The van der Waals surface area contributed by atoms with Crippen molar-refractivity contribution < 1.29 is 20.1 Å². The van der Waals surface area contributed by atoms with Crippen LogP contribution in [0.3, 0.4) is 0 Å². The largest absolute Gasteiger partial charge is 0.394 e. The topological polar surface area (TPSA) is 132 Å². The summed E-state index contributed by atoms with van der Waals surface area (Å²) >= 11 is 7.74. The lowest BCUT2D eigenvalue weighted by atomic mass is 9.98. The molecule has 11 heteroatoms. The first kappa shape index (κ1) is 18.0. The van der Waals surface area contributed by atoms with Gasteiger partial charge in [-0.05, 0) is 43.5 Å². The maximum atomic E-state index is 10.3. The van der Waals surface area contributed by atoms with E-state index in [9.17, 15) is 15.3 Å². The molecule has 3 N–H and O–H groups in total. The van der Waals surface area contributed by atoms with Crippen LogP contribution in [0.4, 0.5) is 0 Å². The second-order valence-corrected chi connectivity index (χ2v) is 7.27. The number of ether oxygens (including phenoxy) is 1.